The average Bonchev–Trinajstić information content (AvgIpc) is 3.12. The molecule has 4 aromatic rings. The Morgan fingerprint density at radius 2 is 2.00 bits per heavy atom. The molecule has 6 heteroatoms. The Kier molecular flexibility index (Phi) is 3.80. The lowest BCUT2D eigenvalue weighted by atomic mass is 10.1. The van der Waals surface area contributed by atoms with Gasteiger partial charge >= 0.3 is 5.97 Å². The van der Waals surface area contributed by atoms with Crippen LogP contribution in [0.1, 0.15) is 27.0 Å². The zero-order valence-corrected chi connectivity index (χ0v) is 14.5. The predicted molar refractivity (Wildman–Crippen MR) is 101 cm³/mol. The van der Waals surface area contributed by atoms with Crippen LogP contribution in [0.25, 0.3) is 16.7 Å². The number of nitrogens with zero attached hydrogens (tertiary/aromatic N) is 3. The Morgan fingerprint density at radius 1 is 1.15 bits per heavy atom. The first kappa shape index (κ1) is 16.1. The van der Waals surface area contributed by atoms with Gasteiger partial charge in [0.15, 0.2) is 11.5 Å². The van der Waals surface area contributed by atoms with Gasteiger partial charge in [0.2, 0.25) is 0 Å². The first-order chi connectivity index (χ1) is 12.5. The number of hydrogen-bond acceptors (Lipinski definition) is 4. The molecular weight excluding hydrogens is 328 g/mol. The van der Waals surface area contributed by atoms with Crippen molar-refractivity contribution >= 4 is 28.5 Å². The van der Waals surface area contributed by atoms with Gasteiger partial charge in [0.05, 0.1) is 16.6 Å². The zero-order chi connectivity index (χ0) is 18.3. The summed E-state index contributed by atoms with van der Waals surface area (Å²) in [6.45, 7) is 4.83. The second-order valence-electron chi connectivity index (χ2n) is 6.36. The van der Waals surface area contributed by atoms with Gasteiger partial charge in [0, 0.05) is 18.9 Å². The van der Waals surface area contributed by atoms with Crippen LogP contribution in [-0.4, -0.2) is 25.4 Å². The molecule has 0 spiro atoms. The van der Waals surface area contributed by atoms with Crippen LogP contribution in [0.4, 0.5) is 5.82 Å². The van der Waals surface area contributed by atoms with Gasteiger partial charge in [-0.25, -0.2) is 14.8 Å². The Bertz CT molecular complexity index is 1150. The van der Waals surface area contributed by atoms with E-state index >= 15 is 0 Å². The molecule has 4 rings (SSSR count). The van der Waals surface area contributed by atoms with Crippen LogP contribution in [0.2, 0.25) is 0 Å². The summed E-state index contributed by atoms with van der Waals surface area (Å²) in [5.41, 5.74) is 6.01. The monoisotopic (exact) mass is 346 g/mol. The smallest absolute Gasteiger partial charge is 0.335 e. The summed E-state index contributed by atoms with van der Waals surface area (Å²) in [6.07, 6.45) is 3.50. The number of rotatable bonds is 4. The minimum Gasteiger partial charge on any atom is -0.478 e. The fourth-order valence-corrected chi connectivity index (χ4v) is 3.01. The maximum absolute atomic E-state index is 11.2. The first-order valence-corrected chi connectivity index (χ1v) is 8.33. The summed E-state index contributed by atoms with van der Waals surface area (Å²) in [7, 11) is 0. The summed E-state index contributed by atoms with van der Waals surface area (Å²) in [6, 6.07) is 11.3. The van der Waals surface area contributed by atoms with Gasteiger partial charge in [0.25, 0.3) is 0 Å². The largest absolute Gasteiger partial charge is 0.478 e. The van der Waals surface area contributed by atoms with Gasteiger partial charge in [-0.05, 0) is 48.7 Å². The molecule has 0 saturated heterocycles. The van der Waals surface area contributed by atoms with Crippen LogP contribution < -0.4 is 5.32 Å². The number of hydrogen-bond donors (Lipinski definition) is 2. The number of carboxylic acids is 1. The quantitative estimate of drug-likeness (QED) is 0.587. The number of carboxylic acid groups (broad SMARTS) is 1. The molecule has 130 valence electrons. The number of imidazole rings is 1. The second-order valence-corrected chi connectivity index (χ2v) is 6.36. The summed E-state index contributed by atoms with van der Waals surface area (Å²) in [4.78, 5) is 20.3. The van der Waals surface area contributed by atoms with Gasteiger partial charge in [-0.15, -0.1) is 0 Å². The molecule has 0 fully saturated rings. The number of carbonyl (C=O) groups is 1. The van der Waals surface area contributed by atoms with E-state index in [1.54, 1.807) is 24.4 Å². The highest BCUT2D eigenvalue weighted by Crippen LogP contribution is 2.22. The first-order valence-electron chi connectivity index (χ1n) is 8.33. The predicted octanol–water partition coefficient (Wildman–Crippen LogP) is 3.81. The standard InChI is InChI=1S/C20H18N4O2/c1-12-3-4-14(9-13(12)2)11-22-18-19-21-7-8-24(19)17-10-15(20(25)26)5-6-16(17)23-18/h3-10H,11H2,1-2H3,(H,22,23)(H,25,26). The van der Waals surface area contributed by atoms with Crippen LogP contribution >= 0.6 is 0 Å². The van der Waals surface area contributed by atoms with E-state index in [-0.39, 0.29) is 5.56 Å². The third-order valence-electron chi connectivity index (χ3n) is 4.60. The van der Waals surface area contributed by atoms with Crippen molar-refractivity contribution in [1.29, 1.82) is 0 Å². The summed E-state index contributed by atoms with van der Waals surface area (Å²) in [5, 5.41) is 12.6. The van der Waals surface area contributed by atoms with Crippen LogP contribution in [0.5, 0.6) is 0 Å². The highest BCUT2D eigenvalue weighted by molar-refractivity contribution is 5.93. The third kappa shape index (κ3) is 2.75. The highest BCUT2D eigenvalue weighted by atomic mass is 16.4. The molecule has 0 atom stereocenters. The van der Waals surface area contributed by atoms with Crippen molar-refractivity contribution in [3.8, 4) is 0 Å². The maximum atomic E-state index is 11.2. The van der Waals surface area contributed by atoms with Crippen LogP contribution in [0, 0.1) is 13.8 Å². The lowest BCUT2D eigenvalue weighted by molar-refractivity contribution is 0.0697. The van der Waals surface area contributed by atoms with Gasteiger partial charge in [-0.2, -0.15) is 0 Å². The van der Waals surface area contributed by atoms with E-state index in [1.165, 1.54) is 16.7 Å². The lowest BCUT2D eigenvalue weighted by Crippen LogP contribution is -2.06. The van der Waals surface area contributed by atoms with Gasteiger partial charge < -0.3 is 10.4 Å². The van der Waals surface area contributed by atoms with Crippen molar-refractivity contribution in [2.45, 2.75) is 20.4 Å². The molecule has 0 saturated carbocycles. The molecule has 0 radical (unpaired) electrons. The van der Waals surface area contributed by atoms with E-state index in [0.717, 1.165) is 0 Å². The van der Waals surface area contributed by atoms with E-state index in [4.69, 9.17) is 0 Å². The van der Waals surface area contributed by atoms with Crippen molar-refractivity contribution in [1.82, 2.24) is 14.4 Å². The molecular formula is C20H18N4O2. The summed E-state index contributed by atoms with van der Waals surface area (Å²) >= 11 is 0. The molecule has 0 aliphatic heterocycles. The number of benzene rings is 2. The maximum Gasteiger partial charge on any atom is 0.335 e. The molecule has 2 aromatic heterocycles. The number of aryl methyl sites for hydroxylation is 2. The van der Waals surface area contributed by atoms with Crippen molar-refractivity contribution in [3.05, 3.63) is 71.0 Å². The second kappa shape index (κ2) is 6.15. The van der Waals surface area contributed by atoms with E-state index < -0.39 is 5.97 Å². The SMILES string of the molecule is Cc1ccc(CNc2nc3ccc(C(=O)O)cc3n3ccnc23)cc1C. The summed E-state index contributed by atoms with van der Waals surface area (Å²) in [5.74, 6) is -0.291. The van der Waals surface area contributed by atoms with Crippen molar-refractivity contribution in [3.63, 3.8) is 0 Å². The van der Waals surface area contributed by atoms with Crippen molar-refractivity contribution in [2.24, 2.45) is 0 Å². The van der Waals surface area contributed by atoms with Crippen LogP contribution in [0.3, 0.4) is 0 Å². The van der Waals surface area contributed by atoms with Gasteiger partial charge in [-0.3, -0.25) is 4.40 Å². The van der Waals surface area contributed by atoms with Gasteiger partial charge in [-0.1, -0.05) is 18.2 Å². The minimum absolute atomic E-state index is 0.227. The molecule has 0 amide bonds. The Hall–Kier alpha value is -3.41. The summed E-state index contributed by atoms with van der Waals surface area (Å²) < 4.78 is 1.86. The van der Waals surface area contributed by atoms with E-state index in [9.17, 15) is 9.90 Å². The van der Waals surface area contributed by atoms with Crippen molar-refractivity contribution in [2.75, 3.05) is 5.32 Å². The highest BCUT2D eigenvalue weighted by Gasteiger charge is 2.12. The topological polar surface area (TPSA) is 79.5 Å². The molecule has 2 aromatic carbocycles. The van der Waals surface area contributed by atoms with Crippen LogP contribution in [-0.2, 0) is 6.54 Å². The van der Waals surface area contributed by atoms with E-state index in [2.05, 4.69) is 47.3 Å². The Morgan fingerprint density at radius 3 is 2.77 bits per heavy atom. The third-order valence-corrected chi connectivity index (χ3v) is 4.60. The molecule has 6 nitrogen and oxygen atoms in total. The Labute approximate surface area is 150 Å². The molecule has 0 aliphatic rings. The van der Waals surface area contributed by atoms with Crippen molar-refractivity contribution < 1.29 is 9.90 Å². The lowest BCUT2D eigenvalue weighted by Gasteiger charge is -2.11. The van der Waals surface area contributed by atoms with Crippen LogP contribution in [0.15, 0.2) is 48.8 Å². The Balaban J connectivity index is 1.74. The molecule has 26 heavy (non-hydrogen) atoms. The number of nitrogens with one attached hydrogen (secondary N) is 1. The fraction of sp³-hybridized carbons (Fsp3) is 0.150. The molecule has 0 aliphatic carbocycles. The number of aromatic carboxylic acids is 1. The minimum atomic E-state index is -0.961. The molecule has 2 heterocycles. The molecule has 2 N–H and O–H groups in total. The zero-order valence-electron chi connectivity index (χ0n) is 14.5. The average molecular weight is 346 g/mol. The van der Waals surface area contributed by atoms with E-state index in [0.29, 0.717) is 29.0 Å². The number of fused-ring (bicyclic) bond motifs is 3. The normalized spacial score (nSPS) is 11.2. The molecule has 0 bridgehead atoms. The number of aromatic nitrogens is 3. The molecule has 0 unspecified atom stereocenters. The van der Waals surface area contributed by atoms with E-state index in [1.807, 2.05) is 10.6 Å². The number of anilines is 1. The fourth-order valence-electron chi connectivity index (χ4n) is 3.01. The van der Waals surface area contributed by atoms with Gasteiger partial charge in [0.1, 0.15) is 0 Å².